The van der Waals surface area contributed by atoms with Gasteiger partial charge in [0.25, 0.3) is 0 Å². The average Bonchev–Trinajstić information content (AvgIpc) is 3.24. The summed E-state index contributed by atoms with van der Waals surface area (Å²) in [6.07, 6.45) is 2.07. The highest BCUT2D eigenvalue weighted by atomic mass is 127. The molecule has 4 nitrogen and oxygen atoms in total. The molecule has 2 aromatic rings. The van der Waals surface area contributed by atoms with E-state index in [1.165, 1.54) is 16.0 Å². The second kappa shape index (κ2) is 11.2. The van der Waals surface area contributed by atoms with E-state index in [1.807, 2.05) is 18.4 Å². The molecule has 1 unspecified atom stereocenters. The molecule has 0 radical (unpaired) electrons. The highest BCUT2D eigenvalue weighted by Gasteiger charge is 2.35. The summed E-state index contributed by atoms with van der Waals surface area (Å²) < 4.78 is 5.67. The number of aliphatic imine (C=N–C) groups is 1. The molecule has 0 aliphatic carbocycles. The van der Waals surface area contributed by atoms with Gasteiger partial charge in [-0.05, 0) is 42.3 Å². The Morgan fingerprint density at radius 1 is 1.18 bits per heavy atom. The molecule has 2 heterocycles. The van der Waals surface area contributed by atoms with Crippen LogP contribution in [0.15, 0.2) is 46.8 Å². The van der Waals surface area contributed by atoms with Crippen molar-refractivity contribution in [2.24, 2.45) is 4.99 Å². The molecule has 1 aliphatic heterocycles. The maximum Gasteiger partial charge on any atom is 0.191 e. The summed E-state index contributed by atoms with van der Waals surface area (Å²) >= 11 is 1.81. The van der Waals surface area contributed by atoms with E-state index in [4.69, 9.17) is 4.74 Å². The SMILES string of the molecule is CN=C(NCC(C)c1cccs1)NCC1(c2ccccc2C)CCOCC1.I. The van der Waals surface area contributed by atoms with Gasteiger partial charge >= 0.3 is 0 Å². The fraction of sp³-hybridized carbons (Fsp3) is 0.500. The molecular weight excluding hydrogens is 481 g/mol. The maximum atomic E-state index is 5.67. The first-order valence-electron chi connectivity index (χ1n) is 9.76. The Labute approximate surface area is 190 Å². The van der Waals surface area contributed by atoms with Crippen molar-refractivity contribution in [3.63, 3.8) is 0 Å². The van der Waals surface area contributed by atoms with Crippen LogP contribution >= 0.6 is 35.3 Å². The summed E-state index contributed by atoms with van der Waals surface area (Å²) in [5, 5.41) is 9.22. The molecule has 1 atom stereocenters. The maximum absolute atomic E-state index is 5.67. The highest BCUT2D eigenvalue weighted by Crippen LogP contribution is 2.36. The van der Waals surface area contributed by atoms with Crippen LogP contribution in [0, 0.1) is 6.92 Å². The van der Waals surface area contributed by atoms with E-state index < -0.39 is 0 Å². The molecule has 0 amide bonds. The lowest BCUT2D eigenvalue weighted by atomic mass is 9.72. The van der Waals surface area contributed by atoms with Gasteiger partial charge in [-0.1, -0.05) is 37.3 Å². The second-order valence-corrected chi connectivity index (χ2v) is 8.41. The van der Waals surface area contributed by atoms with Crippen LogP contribution in [0.25, 0.3) is 0 Å². The Morgan fingerprint density at radius 3 is 2.57 bits per heavy atom. The van der Waals surface area contributed by atoms with Crippen LogP contribution in [0.4, 0.5) is 0 Å². The van der Waals surface area contributed by atoms with E-state index in [2.05, 4.69) is 71.3 Å². The molecule has 2 N–H and O–H groups in total. The van der Waals surface area contributed by atoms with Crippen molar-refractivity contribution in [2.45, 2.75) is 38.0 Å². The standard InChI is InChI=1S/C22H31N3OS.HI/c1-17-7-4-5-8-19(17)22(10-12-26-13-11-22)16-25-21(23-3)24-15-18(2)20-9-6-14-27-20;/h4-9,14,18H,10-13,15-16H2,1-3H3,(H2,23,24,25);1H. The molecule has 1 aromatic heterocycles. The highest BCUT2D eigenvalue weighted by molar-refractivity contribution is 14.0. The molecule has 1 aliphatic rings. The fourth-order valence-corrected chi connectivity index (χ4v) is 4.65. The van der Waals surface area contributed by atoms with E-state index in [0.29, 0.717) is 5.92 Å². The third-order valence-corrected chi connectivity index (χ3v) is 6.69. The minimum absolute atomic E-state index is 0. The number of nitrogens with zero attached hydrogens (tertiary/aromatic N) is 1. The number of hydrogen-bond donors (Lipinski definition) is 2. The molecule has 1 saturated heterocycles. The van der Waals surface area contributed by atoms with Crippen LogP contribution in [0.3, 0.4) is 0 Å². The topological polar surface area (TPSA) is 45.7 Å². The van der Waals surface area contributed by atoms with Crippen LogP contribution < -0.4 is 10.6 Å². The summed E-state index contributed by atoms with van der Waals surface area (Å²) in [4.78, 5) is 5.84. The first kappa shape index (κ1) is 23.2. The van der Waals surface area contributed by atoms with E-state index in [1.54, 1.807) is 0 Å². The molecule has 0 spiro atoms. The van der Waals surface area contributed by atoms with Gasteiger partial charge in [-0.2, -0.15) is 0 Å². The number of benzene rings is 1. The van der Waals surface area contributed by atoms with Gasteiger partial charge in [0.1, 0.15) is 0 Å². The quantitative estimate of drug-likeness (QED) is 0.335. The number of ether oxygens (including phenoxy) is 1. The van der Waals surface area contributed by atoms with E-state index in [-0.39, 0.29) is 29.4 Å². The summed E-state index contributed by atoms with van der Waals surface area (Å²) in [6, 6.07) is 13.1. The number of nitrogens with one attached hydrogen (secondary N) is 2. The van der Waals surface area contributed by atoms with Crippen molar-refractivity contribution in [1.82, 2.24) is 10.6 Å². The Hall–Kier alpha value is -1.12. The molecule has 28 heavy (non-hydrogen) atoms. The van der Waals surface area contributed by atoms with Gasteiger partial charge in [0, 0.05) is 49.6 Å². The lowest BCUT2D eigenvalue weighted by molar-refractivity contribution is 0.0512. The lowest BCUT2D eigenvalue weighted by Crippen LogP contribution is -2.48. The van der Waals surface area contributed by atoms with Crippen molar-refractivity contribution >= 4 is 41.3 Å². The largest absolute Gasteiger partial charge is 0.381 e. The zero-order valence-electron chi connectivity index (χ0n) is 17.0. The minimum atomic E-state index is 0. The van der Waals surface area contributed by atoms with Crippen LogP contribution in [-0.2, 0) is 10.2 Å². The van der Waals surface area contributed by atoms with Crippen LogP contribution in [0.5, 0.6) is 0 Å². The molecule has 1 aromatic carbocycles. The molecule has 6 heteroatoms. The third kappa shape index (κ3) is 5.70. The zero-order chi connectivity index (χ0) is 19.1. The summed E-state index contributed by atoms with van der Waals surface area (Å²) in [6.45, 7) is 7.84. The molecule has 0 bridgehead atoms. The van der Waals surface area contributed by atoms with Gasteiger partial charge in [0.2, 0.25) is 0 Å². The van der Waals surface area contributed by atoms with Crippen molar-refractivity contribution in [3.8, 4) is 0 Å². The molecule has 3 rings (SSSR count). The van der Waals surface area contributed by atoms with Crippen LogP contribution in [0.2, 0.25) is 0 Å². The van der Waals surface area contributed by atoms with E-state index >= 15 is 0 Å². The van der Waals surface area contributed by atoms with Gasteiger partial charge in [0.05, 0.1) is 0 Å². The summed E-state index contributed by atoms with van der Waals surface area (Å²) in [7, 11) is 1.84. The number of rotatable bonds is 6. The van der Waals surface area contributed by atoms with Crippen molar-refractivity contribution < 1.29 is 4.74 Å². The molecule has 1 fully saturated rings. The number of guanidine groups is 1. The molecular formula is C22H32IN3OS. The predicted molar refractivity (Wildman–Crippen MR) is 130 cm³/mol. The first-order chi connectivity index (χ1) is 13.1. The smallest absolute Gasteiger partial charge is 0.191 e. The van der Waals surface area contributed by atoms with Crippen molar-refractivity contribution in [1.29, 1.82) is 0 Å². The Kier molecular flexibility index (Phi) is 9.24. The zero-order valence-corrected chi connectivity index (χ0v) is 20.2. The van der Waals surface area contributed by atoms with Crippen LogP contribution in [-0.4, -0.2) is 39.3 Å². The van der Waals surface area contributed by atoms with Crippen molar-refractivity contribution in [2.75, 3.05) is 33.4 Å². The number of halogens is 1. The van der Waals surface area contributed by atoms with E-state index in [0.717, 1.165) is 45.1 Å². The van der Waals surface area contributed by atoms with Gasteiger partial charge in [-0.3, -0.25) is 4.99 Å². The van der Waals surface area contributed by atoms with Crippen molar-refractivity contribution in [3.05, 3.63) is 57.8 Å². The second-order valence-electron chi connectivity index (χ2n) is 7.43. The first-order valence-corrected chi connectivity index (χ1v) is 10.6. The number of thiophene rings is 1. The third-order valence-electron chi connectivity index (χ3n) is 5.59. The molecule has 0 saturated carbocycles. The molecule has 154 valence electrons. The van der Waals surface area contributed by atoms with Gasteiger partial charge in [-0.15, -0.1) is 35.3 Å². The fourth-order valence-electron chi connectivity index (χ4n) is 3.87. The normalized spacial score (nSPS) is 17.5. The monoisotopic (exact) mass is 513 g/mol. The van der Waals surface area contributed by atoms with E-state index in [9.17, 15) is 0 Å². The Balaban J connectivity index is 0.00000280. The van der Waals surface area contributed by atoms with Gasteiger partial charge < -0.3 is 15.4 Å². The minimum Gasteiger partial charge on any atom is -0.381 e. The van der Waals surface area contributed by atoms with Gasteiger partial charge in [0.15, 0.2) is 5.96 Å². The summed E-state index contributed by atoms with van der Waals surface area (Å²) in [5.74, 6) is 1.34. The average molecular weight is 513 g/mol. The number of aryl methyl sites for hydroxylation is 1. The summed E-state index contributed by atoms with van der Waals surface area (Å²) in [5.41, 5.74) is 2.89. The van der Waals surface area contributed by atoms with Crippen LogP contribution in [0.1, 0.15) is 41.7 Å². The van der Waals surface area contributed by atoms with Gasteiger partial charge in [-0.25, -0.2) is 0 Å². The number of hydrogen-bond acceptors (Lipinski definition) is 3. The predicted octanol–water partition coefficient (Wildman–Crippen LogP) is 4.69. The Morgan fingerprint density at radius 2 is 1.93 bits per heavy atom. The Bertz CT molecular complexity index is 742. The lowest BCUT2D eigenvalue weighted by Gasteiger charge is -2.39.